The number of carbonyl (C=O) groups excluding carboxylic acids is 1. The SMILES string of the molecule is N[C@H](CC(=O)O)C(=O)O.O=C(O)CC(=O)C(=O)O. The van der Waals surface area contributed by atoms with Gasteiger partial charge >= 0.3 is 23.9 Å². The summed E-state index contributed by atoms with van der Waals surface area (Å²) in [7, 11) is 0. The van der Waals surface area contributed by atoms with Crippen LogP contribution in [0.5, 0.6) is 0 Å². The molecule has 0 aromatic carbocycles. The second kappa shape index (κ2) is 8.64. The number of hydrogen-bond acceptors (Lipinski definition) is 6. The van der Waals surface area contributed by atoms with Crippen LogP contribution in [-0.2, 0) is 24.0 Å². The molecule has 0 unspecified atom stereocenters. The standard InChI is InChI=1S/C4H7NO4.C4H4O5/c2*5-2(4(8)9)1-3(6)7/h2H,1,5H2,(H,6,7)(H,8,9);1H2,(H,6,7)(H,8,9)/t2-;/m1./s1. The van der Waals surface area contributed by atoms with Crippen molar-refractivity contribution >= 4 is 29.7 Å². The number of rotatable bonds is 6. The highest BCUT2D eigenvalue weighted by Crippen LogP contribution is 1.86. The number of ketones is 1. The summed E-state index contributed by atoms with van der Waals surface area (Å²) in [4.78, 5) is 48.8. The van der Waals surface area contributed by atoms with Crippen molar-refractivity contribution < 1.29 is 44.4 Å². The lowest BCUT2D eigenvalue weighted by Gasteiger charge is -1.99. The molecule has 0 rings (SSSR count). The topological polar surface area (TPSA) is 192 Å². The first-order valence-electron chi connectivity index (χ1n) is 4.26. The highest BCUT2D eigenvalue weighted by Gasteiger charge is 2.15. The molecule has 0 aliphatic rings. The van der Waals surface area contributed by atoms with Crippen molar-refractivity contribution in [2.24, 2.45) is 5.73 Å². The number of hydrogen-bond donors (Lipinski definition) is 5. The monoisotopic (exact) mass is 265 g/mol. The molecular weight excluding hydrogens is 254 g/mol. The Hall–Kier alpha value is -2.49. The second-order valence-corrected chi connectivity index (χ2v) is 2.84. The Bertz CT molecular complexity index is 362. The van der Waals surface area contributed by atoms with Gasteiger partial charge in [0, 0.05) is 0 Å². The van der Waals surface area contributed by atoms with Crippen molar-refractivity contribution in [1.82, 2.24) is 0 Å². The van der Waals surface area contributed by atoms with Gasteiger partial charge in [-0.1, -0.05) is 0 Å². The predicted molar refractivity (Wildman–Crippen MR) is 52.8 cm³/mol. The lowest BCUT2D eigenvalue weighted by Crippen LogP contribution is -2.32. The maximum absolute atomic E-state index is 9.97. The highest BCUT2D eigenvalue weighted by atomic mass is 16.4. The summed E-state index contributed by atoms with van der Waals surface area (Å²) < 4.78 is 0. The molecule has 18 heavy (non-hydrogen) atoms. The largest absolute Gasteiger partial charge is 0.481 e. The summed E-state index contributed by atoms with van der Waals surface area (Å²) in [6, 6.07) is -1.29. The van der Waals surface area contributed by atoms with E-state index in [4.69, 9.17) is 26.2 Å². The van der Waals surface area contributed by atoms with Crippen LogP contribution in [-0.4, -0.2) is 56.1 Å². The van der Waals surface area contributed by atoms with E-state index >= 15 is 0 Å². The first-order valence-corrected chi connectivity index (χ1v) is 4.26. The van der Waals surface area contributed by atoms with Crippen molar-refractivity contribution in [2.45, 2.75) is 18.9 Å². The molecule has 6 N–H and O–H groups in total. The van der Waals surface area contributed by atoms with Gasteiger partial charge in [0.05, 0.1) is 6.42 Å². The van der Waals surface area contributed by atoms with Crippen LogP contribution >= 0.6 is 0 Å². The molecule has 0 aliphatic heterocycles. The molecular formula is C8H11NO9. The van der Waals surface area contributed by atoms with E-state index in [0.29, 0.717) is 0 Å². The molecule has 10 heteroatoms. The molecule has 0 bridgehead atoms. The molecule has 10 nitrogen and oxygen atoms in total. The van der Waals surface area contributed by atoms with Crippen molar-refractivity contribution in [2.75, 3.05) is 0 Å². The van der Waals surface area contributed by atoms with Gasteiger partial charge in [0.25, 0.3) is 5.78 Å². The Morgan fingerprint density at radius 2 is 1.33 bits per heavy atom. The van der Waals surface area contributed by atoms with E-state index in [1.54, 1.807) is 0 Å². The Balaban J connectivity index is 0. The number of carboxylic acid groups (broad SMARTS) is 4. The second-order valence-electron chi connectivity index (χ2n) is 2.84. The molecule has 0 saturated carbocycles. The maximum atomic E-state index is 9.97. The van der Waals surface area contributed by atoms with E-state index in [0.717, 1.165) is 0 Å². The summed E-state index contributed by atoms with van der Waals surface area (Å²) in [5.74, 6) is -6.94. The minimum atomic E-state index is -1.71. The Labute approximate surface area is 99.6 Å². The van der Waals surface area contributed by atoms with Crippen LogP contribution in [0.4, 0.5) is 0 Å². The van der Waals surface area contributed by atoms with Crippen LogP contribution in [0.3, 0.4) is 0 Å². The lowest BCUT2D eigenvalue weighted by molar-refractivity contribution is -0.152. The van der Waals surface area contributed by atoms with Gasteiger partial charge in [-0.15, -0.1) is 0 Å². The first kappa shape index (κ1) is 17.9. The highest BCUT2D eigenvalue weighted by molar-refractivity contribution is 6.35. The van der Waals surface area contributed by atoms with Crippen LogP contribution < -0.4 is 5.73 Å². The fraction of sp³-hybridized carbons (Fsp3) is 0.375. The number of carboxylic acids is 4. The van der Waals surface area contributed by atoms with Crippen molar-refractivity contribution in [3.05, 3.63) is 0 Å². The minimum Gasteiger partial charge on any atom is -0.481 e. The van der Waals surface area contributed by atoms with Gasteiger partial charge in [-0.05, 0) is 0 Å². The summed E-state index contributed by atoms with van der Waals surface area (Å²) in [5.41, 5.74) is 4.84. The van der Waals surface area contributed by atoms with Gasteiger partial charge in [0.15, 0.2) is 0 Å². The van der Waals surface area contributed by atoms with Crippen LogP contribution in [0.2, 0.25) is 0 Å². The molecule has 0 spiro atoms. The molecule has 0 fully saturated rings. The number of nitrogens with two attached hydrogens (primary N) is 1. The van der Waals surface area contributed by atoms with Gasteiger partial charge < -0.3 is 26.2 Å². The van der Waals surface area contributed by atoms with Gasteiger partial charge in [0.2, 0.25) is 0 Å². The van der Waals surface area contributed by atoms with E-state index in [1.165, 1.54) is 0 Å². The van der Waals surface area contributed by atoms with Gasteiger partial charge in [-0.3, -0.25) is 19.2 Å². The van der Waals surface area contributed by atoms with Crippen LogP contribution in [0, 0.1) is 0 Å². The third-order valence-corrected chi connectivity index (χ3v) is 1.26. The molecule has 0 radical (unpaired) electrons. The van der Waals surface area contributed by atoms with Crippen LogP contribution in [0.15, 0.2) is 0 Å². The van der Waals surface area contributed by atoms with Gasteiger partial charge in [-0.25, -0.2) is 4.79 Å². The van der Waals surface area contributed by atoms with Crippen molar-refractivity contribution in [3.63, 3.8) is 0 Å². The molecule has 0 amide bonds. The molecule has 0 saturated heterocycles. The third kappa shape index (κ3) is 11.6. The zero-order chi connectivity index (χ0) is 14.9. The fourth-order valence-corrected chi connectivity index (χ4v) is 0.488. The zero-order valence-corrected chi connectivity index (χ0v) is 8.90. The van der Waals surface area contributed by atoms with Crippen LogP contribution in [0.25, 0.3) is 0 Å². The predicted octanol–water partition coefficient (Wildman–Crippen LogP) is -2.01. The average molecular weight is 265 g/mol. The van der Waals surface area contributed by atoms with Crippen molar-refractivity contribution in [3.8, 4) is 0 Å². The summed E-state index contributed by atoms with van der Waals surface area (Å²) in [5, 5.41) is 31.7. The van der Waals surface area contributed by atoms with E-state index in [-0.39, 0.29) is 0 Å². The normalized spacial score (nSPS) is 10.5. The molecule has 102 valence electrons. The van der Waals surface area contributed by atoms with E-state index in [1.807, 2.05) is 0 Å². The molecule has 0 aliphatic carbocycles. The lowest BCUT2D eigenvalue weighted by atomic mass is 10.2. The van der Waals surface area contributed by atoms with Crippen molar-refractivity contribution in [1.29, 1.82) is 0 Å². The Morgan fingerprint density at radius 1 is 0.889 bits per heavy atom. The quantitative estimate of drug-likeness (QED) is 0.264. The van der Waals surface area contributed by atoms with Gasteiger partial charge in [0.1, 0.15) is 12.5 Å². The smallest absolute Gasteiger partial charge is 0.372 e. The van der Waals surface area contributed by atoms with E-state index < -0.39 is 48.5 Å². The van der Waals surface area contributed by atoms with E-state index in [2.05, 4.69) is 0 Å². The summed E-state index contributed by atoms with van der Waals surface area (Å²) >= 11 is 0. The van der Waals surface area contributed by atoms with Crippen LogP contribution in [0.1, 0.15) is 12.8 Å². The maximum Gasteiger partial charge on any atom is 0.372 e. The number of aliphatic carboxylic acids is 4. The Morgan fingerprint density at radius 3 is 1.44 bits per heavy atom. The fourth-order valence-electron chi connectivity index (χ4n) is 0.488. The summed E-state index contributed by atoms with van der Waals surface area (Å²) in [6.45, 7) is 0. The molecule has 0 aromatic rings. The Kier molecular flexibility index (Phi) is 8.59. The molecule has 0 aromatic heterocycles. The number of Topliss-reactive ketones (excluding diaryl/α,β-unsaturated/α-hetero) is 1. The molecule has 0 heterocycles. The number of carbonyl (C=O) groups is 5. The van der Waals surface area contributed by atoms with Gasteiger partial charge in [-0.2, -0.15) is 0 Å². The summed E-state index contributed by atoms with van der Waals surface area (Å²) in [6.07, 6.45) is -1.48. The average Bonchev–Trinajstić information content (AvgIpc) is 2.16. The third-order valence-electron chi connectivity index (χ3n) is 1.26. The first-order chi connectivity index (χ1) is 8.07. The molecule has 1 atom stereocenters. The van der Waals surface area contributed by atoms with E-state index in [9.17, 15) is 24.0 Å². The minimum absolute atomic E-state index is 0.532. The zero-order valence-electron chi connectivity index (χ0n) is 8.90.